The summed E-state index contributed by atoms with van der Waals surface area (Å²) in [7, 11) is 0. The SMILES string of the molecule is Cc1ccc2c(c1)C(C)(CCNC(=O)c1ccc3nc[nH]c3c1)C(C)(C)CC2. The number of carbonyl (C=O) groups excluding carboxylic acids is 1. The molecule has 146 valence electrons. The van der Waals surface area contributed by atoms with Gasteiger partial charge in [-0.15, -0.1) is 0 Å². The van der Waals surface area contributed by atoms with E-state index in [4.69, 9.17) is 0 Å². The molecule has 28 heavy (non-hydrogen) atoms. The van der Waals surface area contributed by atoms with Gasteiger partial charge in [-0.05, 0) is 66.3 Å². The van der Waals surface area contributed by atoms with Crippen molar-refractivity contribution in [2.45, 2.75) is 52.4 Å². The van der Waals surface area contributed by atoms with Crippen LogP contribution in [0.5, 0.6) is 0 Å². The lowest BCUT2D eigenvalue weighted by Crippen LogP contribution is -2.45. The second-order valence-electron chi connectivity index (χ2n) is 9.02. The molecule has 2 aromatic carbocycles. The Balaban J connectivity index is 1.51. The number of H-pyrrole nitrogens is 1. The largest absolute Gasteiger partial charge is 0.352 e. The van der Waals surface area contributed by atoms with Gasteiger partial charge >= 0.3 is 0 Å². The minimum absolute atomic E-state index is 0.0295. The Morgan fingerprint density at radius 3 is 2.82 bits per heavy atom. The van der Waals surface area contributed by atoms with Crippen LogP contribution in [0.3, 0.4) is 0 Å². The summed E-state index contributed by atoms with van der Waals surface area (Å²) in [5.41, 5.74) is 6.87. The average Bonchev–Trinajstić information content (AvgIpc) is 3.13. The normalized spacial score (nSPS) is 20.7. The van der Waals surface area contributed by atoms with E-state index in [0.717, 1.165) is 23.9 Å². The summed E-state index contributed by atoms with van der Waals surface area (Å²) in [5.74, 6) is -0.0295. The zero-order chi connectivity index (χ0) is 19.9. The molecule has 0 spiro atoms. The van der Waals surface area contributed by atoms with Crippen LogP contribution in [-0.4, -0.2) is 22.4 Å². The fraction of sp³-hybridized carbons (Fsp3) is 0.417. The number of amides is 1. The van der Waals surface area contributed by atoms with E-state index < -0.39 is 0 Å². The summed E-state index contributed by atoms with van der Waals surface area (Å²) in [5, 5.41) is 3.14. The molecular weight excluding hydrogens is 346 g/mol. The van der Waals surface area contributed by atoms with Gasteiger partial charge < -0.3 is 10.3 Å². The third-order valence-corrected chi connectivity index (χ3v) is 6.97. The molecule has 1 aromatic heterocycles. The van der Waals surface area contributed by atoms with Crippen LogP contribution < -0.4 is 5.32 Å². The Kier molecular flexibility index (Phi) is 4.53. The number of hydrogen-bond acceptors (Lipinski definition) is 2. The Bertz CT molecular complexity index is 1030. The standard InChI is InChI=1S/C24H29N3O/c1-16-5-6-17-9-10-23(2,3)24(4,19(17)13-16)11-12-25-22(28)18-7-8-20-21(14-18)27-15-26-20/h5-8,13-15H,9-12H2,1-4H3,(H,25,28)(H,26,27). The molecule has 1 amide bonds. The molecule has 0 bridgehead atoms. The summed E-state index contributed by atoms with van der Waals surface area (Å²) in [6.07, 6.45) is 4.88. The lowest BCUT2D eigenvalue weighted by atomic mass is 9.55. The summed E-state index contributed by atoms with van der Waals surface area (Å²) in [6, 6.07) is 12.4. The summed E-state index contributed by atoms with van der Waals surface area (Å²) < 4.78 is 0. The predicted octanol–water partition coefficient (Wildman–Crippen LogP) is 4.92. The van der Waals surface area contributed by atoms with Crippen molar-refractivity contribution in [3.63, 3.8) is 0 Å². The van der Waals surface area contributed by atoms with Gasteiger partial charge in [-0.1, -0.05) is 44.5 Å². The van der Waals surface area contributed by atoms with Gasteiger partial charge in [0.05, 0.1) is 17.4 Å². The first-order valence-electron chi connectivity index (χ1n) is 10.1. The predicted molar refractivity (Wildman–Crippen MR) is 114 cm³/mol. The second kappa shape index (κ2) is 6.77. The van der Waals surface area contributed by atoms with Crippen LogP contribution in [0.1, 0.15) is 60.7 Å². The van der Waals surface area contributed by atoms with Crippen molar-refractivity contribution < 1.29 is 4.79 Å². The smallest absolute Gasteiger partial charge is 0.251 e. The third kappa shape index (κ3) is 3.11. The Morgan fingerprint density at radius 2 is 2.00 bits per heavy atom. The first-order chi connectivity index (χ1) is 13.3. The van der Waals surface area contributed by atoms with E-state index in [0.29, 0.717) is 12.1 Å². The lowest BCUT2D eigenvalue weighted by molar-refractivity contribution is 0.0932. The Morgan fingerprint density at radius 1 is 1.18 bits per heavy atom. The highest BCUT2D eigenvalue weighted by atomic mass is 16.1. The van der Waals surface area contributed by atoms with Gasteiger partial charge in [0, 0.05) is 12.1 Å². The first-order valence-corrected chi connectivity index (χ1v) is 10.1. The molecular formula is C24H29N3O. The van der Waals surface area contributed by atoms with Crippen molar-refractivity contribution in [1.82, 2.24) is 15.3 Å². The maximum absolute atomic E-state index is 12.7. The van der Waals surface area contributed by atoms with E-state index >= 15 is 0 Å². The first kappa shape index (κ1) is 18.7. The fourth-order valence-corrected chi connectivity index (χ4v) is 4.59. The molecule has 0 saturated heterocycles. The average molecular weight is 376 g/mol. The summed E-state index contributed by atoms with van der Waals surface area (Å²) in [4.78, 5) is 19.9. The maximum Gasteiger partial charge on any atom is 0.251 e. The number of fused-ring (bicyclic) bond motifs is 2. The number of benzene rings is 2. The number of nitrogens with zero attached hydrogens (tertiary/aromatic N) is 1. The molecule has 1 aliphatic carbocycles. The molecule has 4 rings (SSSR count). The van der Waals surface area contributed by atoms with Crippen molar-refractivity contribution in [2.75, 3.05) is 6.54 Å². The van der Waals surface area contributed by atoms with E-state index in [9.17, 15) is 4.79 Å². The summed E-state index contributed by atoms with van der Waals surface area (Å²) >= 11 is 0. The summed E-state index contributed by atoms with van der Waals surface area (Å²) in [6.45, 7) is 9.93. The number of carbonyl (C=O) groups is 1. The molecule has 4 heteroatoms. The Labute approximate surface area is 166 Å². The van der Waals surface area contributed by atoms with Crippen LogP contribution in [0.15, 0.2) is 42.7 Å². The second-order valence-corrected chi connectivity index (χ2v) is 9.02. The van der Waals surface area contributed by atoms with Crippen molar-refractivity contribution >= 4 is 16.9 Å². The molecule has 0 aliphatic heterocycles. The fourth-order valence-electron chi connectivity index (χ4n) is 4.59. The van der Waals surface area contributed by atoms with E-state index in [1.165, 1.54) is 23.1 Å². The molecule has 3 aromatic rings. The number of hydrogen-bond donors (Lipinski definition) is 2. The Hall–Kier alpha value is -2.62. The quantitative estimate of drug-likeness (QED) is 0.680. The number of aromatic nitrogens is 2. The third-order valence-electron chi connectivity index (χ3n) is 6.97. The molecule has 2 N–H and O–H groups in total. The maximum atomic E-state index is 12.7. The van der Waals surface area contributed by atoms with Gasteiger partial charge in [-0.25, -0.2) is 4.98 Å². The number of nitrogens with one attached hydrogen (secondary N) is 2. The van der Waals surface area contributed by atoms with E-state index in [1.807, 2.05) is 18.2 Å². The van der Waals surface area contributed by atoms with Crippen LogP contribution in [0.25, 0.3) is 11.0 Å². The number of imidazole rings is 1. The van der Waals surface area contributed by atoms with Crippen LogP contribution >= 0.6 is 0 Å². The van der Waals surface area contributed by atoms with E-state index in [2.05, 4.69) is 61.2 Å². The minimum Gasteiger partial charge on any atom is -0.352 e. The lowest BCUT2D eigenvalue weighted by Gasteiger charge is -2.50. The van der Waals surface area contributed by atoms with Crippen molar-refractivity contribution in [3.8, 4) is 0 Å². The van der Waals surface area contributed by atoms with Crippen molar-refractivity contribution in [2.24, 2.45) is 5.41 Å². The monoisotopic (exact) mass is 375 g/mol. The van der Waals surface area contributed by atoms with Crippen LogP contribution in [0.2, 0.25) is 0 Å². The van der Waals surface area contributed by atoms with E-state index in [-0.39, 0.29) is 16.7 Å². The number of aromatic amines is 1. The van der Waals surface area contributed by atoms with Crippen LogP contribution in [0.4, 0.5) is 0 Å². The molecule has 1 atom stereocenters. The van der Waals surface area contributed by atoms with E-state index in [1.54, 1.807) is 6.33 Å². The van der Waals surface area contributed by atoms with Gasteiger partial charge in [0.25, 0.3) is 5.91 Å². The van der Waals surface area contributed by atoms with Crippen molar-refractivity contribution in [1.29, 1.82) is 0 Å². The topological polar surface area (TPSA) is 57.8 Å². The van der Waals surface area contributed by atoms with Gasteiger partial charge in [0.2, 0.25) is 0 Å². The van der Waals surface area contributed by atoms with Crippen LogP contribution in [0, 0.1) is 12.3 Å². The highest BCUT2D eigenvalue weighted by molar-refractivity contribution is 5.97. The zero-order valence-corrected chi connectivity index (χ0v) is 17.2. The van der Waals surface area contributed by atoms with Gasteiger partial charge in [-0.2, -0.15) is 0 Å². The number of aryl methyl sites for hydroxylation is 2. The van der Waals surface area contributed by atoms with Crippen molar-refractivity contribution in [3.05, 3.63) is 65.0 Å². The molecule has 1 unspecified atom stereocenters. The van der Waals surface area contributed by atoms with Crippen LogP contribution in [-0.2, 0) is 11.8 Å². The van der Waals surface area contributed by atoms with Gasteiger partial charge in [-0.3, -0.25) is 4.79 Å². The molecule has 1 aliphatic rings. The molecule has 0 fully saturated rings. The highest BCUT2D eigenvalue weighted by Crippen LogP contribution is 2.51. The van der Waals surface area contributed by atoms with Gasteiger partial charge in [0.1, 0.15) is 0 Å². The molecule has 4 nitrogen and oxygen atoms in total. The molecule has 1 heterocycles. The zero-order valence-electron chi connectivity index (χ0n) is 17.2. The molecule has 0 radical (unpaired) electrons. The highest BCUT2D eigenvalue weighted by Gasteiger charge is 2.45. The molecule has 0 saturated carbocycles. The van der Waals surface area contributed by atoms with Gasteiger partial charge in [0.15, 0.2) is 0 Å². The minimum atomic E-state index is -0.0295. The number of rotatable bonds is 4.